The fraction of sp³-hybridized carbons (Fsp3) is 0.800. The second kappa shape index (κ2) is 6.05. The molecule has 1 heterocycles. The van der Waals surface area contributed by atoms with Gasteiger partial charge in [-0.2, -0.15) is 0 Å². The van der Waals surface area contributed by atoms with Gasteiger partial charge < -0.3 is 0 Å². The molecular formula is C10H17BrClN. The van der Waals surface area contributed by atoms with Gasteiger partial charge in [0.25, 0.3) is 0 Å². The molecule has 0 aromatic rings. The van der Waals surface area contributed by atoms with Gasteiger partial charge in [-0.05, 0) is 31.8 Å². The lowest BCUT2D eigenvalue weighted by Gasteiger charge is -2.32. The molecule has 0 N–H and O–H groups in total. The molecule has 0 amide bonds. The van der Waals surface area contributed by atoms with E-state index in [1.165, 1.54) is 25.9 Å². The molecule has 1 saturated heterocycles. The van der Waals surface area contributed by atoms with Gasteiger partial charge in [0.05, 0.1) is 0 Å². The molecule has 1 atom stereocenters. The molecule has 0 aliphatic carbocycles. The first kappa shape index (κ1) is 11.5. The molecule has 0 bridgehead atoms. The summed E-state index contributed by atoms with van der Waals surface area (Å²) in [5.74, 6) is 0.858. The van der Waals surface area contributed by atoms with Gasteiger partial charge in [0, 0.05) is 16.9 Å². The van der Waals surface area contributed by atoms with Gasteiger partial charge >= 0.3 is 0 Å². The summed E-state index contributed by atoms with van der Waals surface area (Å²) >= 11 is 9.14. The summed E-state index contributed by atoms with van der Waals surface area (Å²) in [7, 11) is 0. The van der Waals surface area contributed by atoms with Crippen LogP contribution in [0.3, 0.4) is 0 Å². The second-order valence-corrected chi connectivity index (χ2v) is 5.37. The maximum atomic E-state index is 5.49. The highest BCUT2D eigenvalue weighted by atomic mass is 79.9. The minimum Gasteiger partial charge on any atom is -0.300 e. The van der Waals surface area contributed by atoms with Crippen molar-refractivity contribution in [1.82, 2.24) is 4.90 Å². The maximum absolute atomic E-state index is 5.49. The summed E-state index contributed by atoms with van der Waals surface area (Å²) in [4.78, 5) is 3.11. The maximum Gasteiger partial charge on any atom is 0.0174 e. The van der Waals surface area contributed by atoms with E-state index in [0.717, 1.165) is 12.5 Å². The molecular weight excluding hydrogens is 249 g/mol. The largest absolute Gasteiger partial charge is 0.300 e. The molecule has 1 aliphatic heterocycles. The summed E-state index contributed by atoms with van der Waals surface area (Å²) < 4.78 is 0. The van der Waals surface area contributed by atoms with Crippen LogP contribution in [0.5, 0.6) is 0 Å². The molecule has 1 unspecified atom stereocenters. The molecule has 1 aliphatic rings. The molecule has 13 heavy (non-hydrogen) atoms. The zero-order valence-electron chi connectivity index (χ0n) is 8.05. The Balaban J connectivity index is 2.22. The lowest BCUT2D eigenvalue weighted by Crippen LogP contribution is -2.35. The third-order valence-electron chi connectivity index (χ3n) is 2.73. The van der Waals surface area contributed by atoms with Crippen molar-refractivity contribution in [1.29, 1.82) is 0 Å². The zero-order chi connectivity index (χ0) is 9.68. The zero-order valence-corrected chi connectivity index (χ0v) is 10.4. The van der Waals surface area contributed by atoms with Crippen LogP contribution in [0.15, 0.2) is 11.6 Å². The van der Waals surface area contributed by atoms with E-state index in [1.54, 1.807) is 5.54 Å². The Labute approximate surface area is 94.3 Å². The van der Waals surface area contributed by atoms with E-state index < -0.39 is 0 Å². The van der Waals surface area contributed by atoms with Crippen molar-refractivity contribution in [2.75, 3.05) is 19.6 Å². The minimum atomic E-state index is 0.665. The Hall–Kier alpha value is 0.470. The second-order valence-electron chi connectivity index (χ2n) is 3.68. The number of rotatable bonds is 3. The molecule has 0 spiro atoms. The van der Waals surface area contributed by atoms with Crippen molar-refractivity contribution in [3.63, 3.8) is 0 Å². The lowest BCUT2D eigenvalue weighted by molar-refractivity contribution is 0.202. The molecule has 0 aromatic carbocycles. The Morgan fingerprint density at radius 3 is 2.62 bits per heavy atom. The monoisotopic (exact) mass is 265 g/mol. The van der Waals surface area contributed by atoms with Crippen molar-refractivity contribution in [3.8, 4) is 0 Å². The molecule has 0 aromatic heterocycles. The number of hydrogen-bond donors (Lipinski definition) is 0. The number of alkyl halides is 1. The van der Waals surface area contributed by atoms with Crippen LogP contribution in [0.25, 0.3) is 0 Å². The lowest BCUT2D eigenvalue weighted by atomic mass is 9.94. The van der Waals surface area contributed by atoms with Crippen molar-refractivity contribution in [3.05, 3.63) is 11.6 Å². The van der Waals surface area contributed by atoms with Gasteiger partial charge in [-0.1, -0.05) is 40.5 Å². The highest BCUT2D eigenvalue weighted by Gasteiger charge is 2.21. The Kier molecular flexibility index (Phi) is 5.37. The number of nitrogens with zero attached hydrogens (tertiary/aromatic N) is 1. The highest BCUT2D eigenvalue weighted by Crippen LogP contribution is 2.24. The van der Waals surface area contributed by atoms with Crippen LogP contribution in [0.4, 0.5) is 0 Å². The van der Waals surface area contributed by atoms with E-state index in [9.17, 15) is 0 Å². The molecule has 1 nitrogen and oxygen atoms in total. The van der Waals surface area contributed by atoms with Gasteiger partial charge in [-0.25, -0.2) is 0 Å². The number of piperidine rings is 1. The van der Waals surface area contributed by atoms with Crippen LogP contribution in [0, 0.1) is 5.92 Å². The van der Waals surface area contributed by atoms with Gasteiger partial charge in [0.15, 0.2) is 0 Å². The summed E-state index contributed by atoms with van der Waals surface area (Å²) in [6.45, 7) is 5.68. The van der Waals surface area contributed by atoms with Crippen LogP contribution in [-0.4, -0.2) is 29.4 Å². The Bertz CT molecular complexity index is 162. The van der Waals surface area contributed by atoms with E-state index in [0.29, 0.717) is 4.83 Å². The first-order chi connectivity index (χ1) is 6.24. The normalized spacial score (nSPS) is 23.9. The van der Waals surface area contributed by atoms with Crippen molar-refractivity contribution in [2.45, 2.75) is 24.6 Å². The average Bonchev–Trinajstić information content (AvgIpc) is 2.15. The predicted octanol–water partition coefficient (Wildman–Crippen LogP) is 3.23. The number of likely N-dealkylation sites (tertiary alicyclic amines) is 1. The van der Waals surface area contributed by atoms with Gasteiger partial charge in [-0.15, -0.1) is 0 Å². The third-order valence-corrected chi connectivity index (χ3v) is 3.66. The van der Waals surface area contributed by atoms with Gasteiger partial charge in [0.1, 0.15) is 0 Å². The standard InChI is InChI=1S/C10H17BrClN/c1-9(11)10-3-7-13(8-4-10)6-2-5-12/h2,5,9-10H,3-4,6-8H2,1H3/b5-2+. The Morgan fingerprint density at radius 2 is 2.15 bits per heavy atom. The quantitative estimate of drug-likeness (QED) is 0.709. The Morgan fingerprint density at radius 1 is 1.54 bits per heavy atom. The van der Waals surface area contributed by atoms with E-state index in [4.69, 9.17) is 11.6 Å². The first-order valence-electron chi connectivity index (χ1n) is 4.85. The van der Waals surface area contributed by atoms with Crippen LogP contribution < -0.4 is 0 Å². The highest BCUT2D eigenvalue weighted by molar-refractivity contribution is 9.09. The summed E-state index contributed by atoms with van der Waals surface area (Å²) in [6.07, 6.45) is 4.63. The molecule has 1 rings (SSSR count). The summed E-state index contributed by atoms with van der Waals surface area (Å²) in [6, 6.07) is 0. The van der Waals surface area contributed by atoms with Gasteiger partial charge in [-0.3, -0.25) is 4.90 Å². The summed E-state index contributed by atoms with van der Waals surface area (Å²) in [5, 5.41) is 0. The van der Waals surface area contributed by atoms with Crippen molar-refractivity contribution >= 4 is 27.5 Å². The molecule has 0 saturated carbocycles. The fourth-order valence-electron chi connectivity index (χ4n) is 1.78. The third kappa shape index (κ3) is 4.01. The van der Waals surface area contributed by atoms with Crippen LogP contribution in [0.1, 0.15) is 19.8 Å². The van der Waals surface area contributed by atoms with Crippen LogP contribution >= 0.6 is 27.5 Å². The smallest absolute Gasteiger partial charge is 0.0174 e. The van der Waals surface area contributed by atoms with Crippen molar-refractivity contribution < 1.29 is 0 Å². The van der Waals surface area contributed by atoms with E-state index in [2.05, 4.69) is 27.8 Å². The number of halogens is 2. The molecule has 0 radical (unpaired) electrons. The molecule has 76 valence electrons. The van der Waals surface area contributed by atoms with E-state index in [1.807, 2.05) is 6.08 Å². The SMILES string of the molecule is CC(Br)C1CCN(C/C=C/Cl)CC1. The fourth-order valence-corrected chi connectivity index (χ4v) is 2.39. The number of hydrogen-bond acceptors (Lipinski definition) is 1. The predicted molar refractivity (Wildman–Crippen MR) is 62.5 cm³/mol. The van der Waals surface area contributed by atoms with E-state index >= 15 is 0 Å². The topological polar surface area (TPSA) is 3.24 Å². The minimum absolute atomic E-state index is 0.665. The summed E-state index contributed by atoms with van der Waals surface area (Å²) in [5.41, 5.74) is 1.61. The van der Waals surface area contributed by atoms with E-state index in [-0.39, 0.29) is 0 Å². The molecule has 1 fully saturated rings. The van der Waals surface area contributed by atoms with Crippen LogP contribution in [0.2, 0.25) is 0 Å². The van der Waals surface area contributed by atoms with Crippen LogP contribution in [-0.2, 0) is 0 Å². The van der Waals surface area contributed by atoms with Crippen molar-refractivity contribution in [2.24, 2.45) is 5.92 Å². The average molecular weight is 267 g/mol. The van der Waals surface area contributed by atoms with Gasteiger partial charge in [0.2, 0.25) is 0 Å². The molecule has 3 heteroatoms. The first-order valence-corrected chi connectivity index (χ1v) is 6.21.